The first kappa shape index (κ1) is 17.4. The Labute approximate surface area is 122 Å². The Bertz CT molecular complexity index is 390. The van der Waals surface area contributed by atoms with Gasteiger partial charge in [-0.1, -0.05) is 19.8 Å². The molecule has 0 saturated carbocycles. The molecular formula is C13H27N3O3S. The van der Waals surface area contributed by atoms with Crippen LogP contribution < -0.4 is 5.32 Å². The highest BCUT2D eigenvalue weighted by Crippen LogP contribution is 2.07. The van der Waals surface area contributed by atoms with Crippen LogP contribution in [-0.4, -0.2) is 69.1 Å². The molecule has 1 rings (SSSR count). The van der Waals surface area contributed by atoms with E-state index in [0.29, 0.717) is 19.6 Å². The summed E-state index contributed by atoms with van der Waals surface area (Å²) in [6.07, 6.45) is 3.20. The molecule has 0 aliphatic carbocycles. The number of unbranched alkanes of at least 4 members (excludes halogenated alkanes) is 2. The number of hydrogen-bond acceptors (Lipinski definition) is 4. The maximum atomic E-state index is 12.1. The van der Waals surface area contributed by atoms with E-state index in [4.69, 9.17) is 0 Å². The number of sulfonamides is 1. The second kappa shape index (κ2) is 8.59. The van der Waals surface area contributed by atoms with Crippen LogP contribution in [0.4, 0.5) is 0 Å². The van der Waals surface area contributed by atoms with Crippen molar-refractivity contribution in [2.45, 2.75) is 32.6 Å². The number of hydrogen-bond donors (Lipinski definition) is 1. The molecule has 7 heteroatoms. The number of nitrogens with one attached hydrogen (secondary N) is 1. The van der Waals surface area contributed by atoms with Gasteiger partial charge in [-0.05, 0) is 13.5 Å². The molecule has 0 atom stereocenters. The summed E-state index contributed by atoms with van der Waals surface area (Å²) in [5, 5.41) is 2.77. The fraction of sp³-hybridized carbons (Fsp3) is 0.923. The lowest BCUT2D eigenvalue weighted by Crippen LogP contribution is -2.48. The number of carbonyl (C=O) groups is 1. The average molecular weight is 305 g/mol. The van der Waals surface area contributed by atoms with Crippen molar-refractivity contribution in [1.82, 2.24) is 14.5 Å². The first-order valence-electron chi connectivity index (χ1n) is 7.39. The lowest BCUT2D eigenvalue weighted by molar-refractivity contribution is -0.120. The average Bonchev–Trinajstić information content (AvgIpc) is 2.42. The fourth-order valence-corrected chi connectivity index (χ4v) is 3.53. The molecule has 0 spiro atoms. The minimum Gasteiger partial charge on any atom is -0.356 e. The van der Waals surface area contributed by atoms with Gasteiger partial charge in [0.15, 0.2) is 0 Å². The quantitative estimate of drug-likeness (QED) is 0.653. The van der Waals surface area contributed by atoms with Gasteiger partial charge in [-0.15, -0.1) is 0 Å². The summed E-state index contributed by atoms with van der Waals surface area (Å²) in [4.78, 5) is 13.7. The molecule has 0 bridgehead atoms. The van der Waals surface area contributed by atoms with E-state index < -0.39 is 10.0 Å². The molecule has 6 nitrogen and oxygen atoms in total. The molecule has 1 heterocycles. The Morgan fingerprint density at radius 1 is 1.15 bits per heavy atom. The van der Waals surface area contributed by atoms with Gasteiger partial charge in [-0.25, -0.2) is 8.42 Å². The molecule has 1 aliphatic heterocycles. The topological polar surface area (TPSA) is 69.7 Å². The molecule has 118 valence electrons. The van der Waals surface area contributed by atoms with Gasteiger partial charge in [0.05, 0.1) is 5.75 Å². The van der Waals surface area contributed by atoms with Crippen molar-refractivity contribution >= 4 is 15.9 Å². The second-order valence-electron chi connectivity index (χ2n) is 5.33. The first-order chi connectivity index (χ1) is 9.45. The van der Waals surface area contributed by atoms with E-state index in [9.17, 15) is 13.2 Å². The van der Waals surface area contributed by atoms with Crippen LogP contribution in [0, 0.1) is 0 Å². The van der Waals surface area contributed by atoms with Crippen LogP contribution in [0.25, 0.3) is 0 Å². The predicted octanol–water partition coefficient (Wildman–Crippen LogP) is 0.260. The van der Waals surface area contributed by atoms with Crippen molar-refractivity contribution in [3.8, 4) is 0 Å². The molecule has 0 aromatic heterocycles. The van der Waals surface area contributed by atoms with Gasteiger partial charge in [0.2, 0.25) is 15.9 Å². The van der Waals surface area contributed by atoms with Crippen LogP contribution in [0.2, 0.25) is 0 Å². The standard InChI is InChI=1S/C13H27N3O3S/c1-3-4-5-7-14-13(17)6-12-20(18,19)16-10-8-15(2)9-11-16/h3-12H2,1-2H3,(H,14,17). The third kappa shape index (κ3) is 6.19. The molecule has 0 unspecified atom stereocenters. The maximum absolute atomic E-state index is 12.1. The number of carbonyl (C=O) groups excluding carboxylic acids is 1. The van der Waals surface area contributed by atoms with Crippen LogP contribution >= 0.6 is 0 Å². The van der Waals surface area contributed by atoms with Gasteiger partial charge in [-0.3, -0.25) is 4.79 Å². The summed E-state index contributed by atoms with van der Waals surface area (Å²) in [5.74, 6) is -0.255. The van der Waals surface area contributed by atoms with Crippen molar-refractivity contribution in [1.29, 1.82) is 0 Å². The molecule has 1 aliphatic rings. The van der Waals surface area contributed by atoms with Gasteiger partial charge in [0.25, 0.3) is 0 Å². The van der Waals surface area contributed by atoms with Crippen LogP contribution in [0.1, 0.15) is 32.6 Å². The van der Waals surface area contributed by atoms with Crippen molar-refractivity contribution in [2.75, 3.05) is 45.5 Å². The van der Waals surface area contributed by atoms with Crippen molar-refractivity contribution < 1.29 is 13.2 Å². The van der Waals surface area contributed by atoms with E-state index in [0.717, 1.165) is 32.4 Å². The Morgan fingerprint density at radius 3 is 2.40 bits per heavy atom. The Hall–Kier alpha value is -0.660. The van der Waals surface area contributed by atoms with Crippen molar-refractivity contribution in [3.05, 3.63) is 0 Å². The molecule has 0 aromatic rings. The van der Waals surface area contributed by atoms with Gasteiger partial charge < -0.3 is 10.2 Å². The zero-order chi connectivity index (χ0) is 15.0. The van der Waals surface area contributed by atoms with E-state index in [1.165, 1.54) is 4.31 Å². The van der Waals surface area contributed by atoms with E-state index in [1.54, 1.807) is 0 Å². The Kier molecular flexibility index (Phi) is 7.47. The zero-order valence-corrected chi connectivity index (χ0v) is 13.4. The summed E-state index contributed by atoms with van der Waals surface area (Å²) in [6, 6.07) is 0. The smallest absolute Gasteiger partial charge is 0.221 e. The summed E-state index contributed by atoms with van der Waals surface area (Å²) in [6.45, 7) is 5.30. The number of nitrogens with zero attached hydrogens (tertiary/aromatic N) is 2. The normalized spacial score (nSPS) is 18.1. The molecular weight excluding hydrogens is 278 g/mol. The van der Waals surface area contributed by atoms with Crippen LogP contribution in [-0.2, 0) is 14.8 Å². The number of piperazine rings is 1. The highest BCUT2D eigenvalue weighted by molar-refractivity contribution is 7.89. The molecule has 1 N–H and O–H groups in total. The number of likely N-dealkylation sites (N-methyl/N-ethyl adjacent to an activating group) is 1. The van der Waals surface area contributed by atoms with E-state index in [2.05, 4.69) is 17.1 Å². The predicted molar refractivity (Wildman–Crippen MR) is 80.0 cm³/mol. The summed E-state index contributed by atoms with van der Waals surface area (Å²) in [5.41, 5.74) is 0. The van der Waals surface area contributed by atoms with E-state index in [-0.39, 0.29) is 18.1 Å². The van der Waals surface area contributed by atoms with Crippen LogP contribution in [0.5, 0.6) is 0 Å². The minimum absolute atomic E-state index is 0.0563. The lowest BCUT2D eigenvalue weighted by atomic mass is 10.2. The SMILES string of the molecule is CCCCCNC(=O)CCS(=O)(=O)N1CCN(C)CC1. The van der Waals surface area contributed by atoms with Gasteiger partial charge in [0.1, 0.15) is 0 Å². The van der Waals surface area contributed by atoms with Crippen molar-refractivity contribution in [2.24, 2.45) is 0 Å². The first-order valence-corrected chi connectivity index (χ1v) is 8.99. The van der Waals surface area contributed by atoms with Gasteiger partial charge in [0, 0.05) is 39.1 Å². The Morgan fingerprint density at radius 2 is 1.80 bits per heavy atom. The van der Waals surface area contributed by atoms with Gasteiger partial charge in [-0.2, -0.15) is 4.31 Å². The highest BCUT2D eigenvalue weighted by Gasteiger charge is 2.25. The van der Waals surface area contributed by atoms with Crippen LogP contribution in [0.15, 0.2) is 0 Å². The summed E-state index contributed by atoms with van der Waals surface area (Å²) >= 11 is 0. The molecule has 0 aromatic carbocycles. The molecule has 20 heavy (non-hydrogen) atoms. The molecule has 1 amide bonds. The monoisotopic (exact) mass is 305 g/mol. The largest absolute Gasteiger partial charge is 0.356 e. The summed E-state index contributed by atoms with van der Waals surface area (Å²) in [7, 11) is -1.31. The van der Waals surface area contributed by atoms with Crippen molar-refractivity contribution in [3.63, 3.8) is 0 Å². The molecule has 1 fully saturated rings. The third-order valence-corrected chi connectivity index (χ3v) is 5.42. The minimum atomic E-state index is -3.29. The Balaban J connectivity index is 2.27. The van der Waals surface area contributed by atoms with E-state index in [1.807, 2.05) is 7.05 Å². The second-order valence-corrected chi connectivity index (χ2v) is 7.41. The zero-order valence-electron chi connectivity index (χ0n) is 12.6. The third-order valence-electron chi connectivity index (χ3n) is 3.55. The van der Waals surface area contributed by atoms with Crippen LogP contribution in [0.3, 0.4) is 0 Å². The fourth-order valence-electron chi connectivity index (χ4n) is 2.11. The lowest BCUT2D eigenvalue weighted by Gasteiger charge is -2.31. The van der Waals surface area contributed by atoms with E-state index >= 15 is 0 Å². The van der Waals surface area contributed by atoms with Gasteiger partial charge >= 0.3 is 0 Å². The maximum Gasteiger partial charge on any atom is 0.221 e. The molecule has 1 saturated heterocycles. The highest BCUT2D eigenvalue weighted by atomic mass is 32.2. The molecule has 0 radical (unpaired) electrons. The summed E-state index contributed by atoms with van der Waals surface area (Å²) < 4.78 is 25.7. The number of rotatable bonds is 8. The number of amides is 1.